The van der Waals surface area contributed by atoms with Crippen LogP contribution < -0.4 is 11.1 Å². The minimum absolute atomic E-state index is 0.287. The molecule has 0 radical (unpaired) electrons. The maximum absolute atomic E-state index is 11.6. The summed E-state index contributed by atoms with van der Waals surface area (Å²) in [5.74, 6) is -0.318. The van der Waals surface area contributed by atoms with Crippen molar-refractivity contribution in [1.29, 1.82) is 0 Å². The number of carbonyl (C=O) groups excluding carboxylic acids is 1. The van der Waals surface area contributed by atoms with Crippen molar-refractivity contribution in [1.82, 2.24) is 5.32 Å². The molecular weight excluding hydrogens is 196 g/mol. The van der Waals surface area contributed by atoms with Crippen molar-refractivity contribution in [3.05, 3.63) is 0 Å². The van der Waals surface area contributed by atoms with Crippen LogP contribution in [0.15, 0.2) is 0 Å². The third-order valence-corrected chi connectivity index (χ3v) is 2.61. The first-order chi connectivity index (χ1) is 7.05. The molecule has 0 fully saturated rings. The summed E-state index contributed by atoms with van der Waals surface area (Å²) in [5, 5.41) is 20.8. The maximum Gasteiger partial charge on any atom is 0.237 e. The Morgan fingerprint density at radius 2 is 1.93 bits per heavy atom. The van der Waals surface area contributed by atoms with Gasteiger partial charge in [0.05, 0.1) is 24.8 Å². The monoisotopic (exact) mass is 218 g/mol. The fourth-order valence-corrected chi connectivity index (χ4v) is 1.24. The zero-order chi connectivity index (χ0) is 11.9. The first kappa shape index (κ1) is 14.3. The van der Waals surface area contributed by atoms with Gasteiger partial charge in [-0.05, 0) is 12.8 Å². The van der Waals surface area contributed by atoms with Crippen molar-refractivity contribution in [2.75, 3.05) is 13.2 Å². The van der Waals surface area contributed by atoms with E-state index < -0.39 is 11.6 Å². The highest BCUT2D eigenvalue weighted by molar-refractivity contribution is 5.82. The van der Waals surface area contributed by atoms with Crippen molar-refractivity contribution < 1.29 is 15.0 Å². The van der Waals surface area contributed by atoms with Gasteiger partial charge in [-0.25, -0.2) is 0 Å². The molecule has 0 aromatic heterocycles. The van der Waals surface area contributed by atoms with Crippen molar-refractivity contribution in [3.8, 4) is 0 Å². The number of hydrogen-bond acceptors (Lipinski definition) is 4. The summed E-state index contributed by atoms with van der Waals surface area (Å²) in [6, 6.07) is -0.570. The summed E-state index contributed by atoms with van der Waals surface area (Å²) in [6.45, 7) is 3.16. The Kier molecular flexibility index (Phi) is 6.47. The molecule has 0 heterocycles. The van der Waals surface area contributed by atoms with E-state index in [1.807, 2.05) is 6.92 Å². The van der Waals surface area contributed by atoms with Crippen LogP contribution in [0.5, 0.6) is 0 Å². The topological polar surface area (TPSA) is 95.6 Å². The molecule has 0 unspecified atom stereocenters. The molecule has 0 aromatic rings. The van der Waals surface area contributed by atoms with E-state index in [2.05, 4.69) is 5.32 Å². The predicted octanol–water partition coefficient (Wildman–Crippen LogP) is -0.637. The van der Waals surface area contributed by atoms with E-state index in [0.29, 0.717) is 12.8 Å². The summed E-state index contributed by atoms with van der Waals surface area (Å²) in [6.07, 6.45) is 1.89. The number of hydrogen-bond donors (Lipinski definition) is 4. The molecule has 0 rings (SSSR count). The second-order valence-electron chi connectivity index (χ2n) is 3.83. The van der Waals surface area contributed by atoms with Gasteiger partial charge in [-0.1, -0.05) is 20.3 Å². The van der Waals surface area contributed by atoms with Crippen molar-refractivity contribution in [2.24, 2.45) is 5.73 Å². The van der Waals surface area contributed by atoms with E-state index >= 15 is 0 Å². The van der Waals surface area contributed by atoms with Crippen LogP contribution >= 0.6 is 0 Å². The van der Waals surface area contributed by atoms with Gasteiger partial charge >= 0.3 is 0 Å². The lowest BCUT2D eigenvalue weighted by Crippen LogP contribution is -2.57. The van der Waals surface area contributed by atoms with Crippen LogP contribution in [-0.4, -0.2) is 40.9 Å². The van der Waals surface area contributed by atoms with E-state index in [1.165, 1.54) is 0 Å². The summed E-state index contributed by atoms with van der Waals surface area (Å²) in [4.78, 5) is 11.6. The number of nitrogens with one attached hydrogen (secondary N) is 1. The van der Waals surface area contributed by atoms with Gasteiger partial charge in [0.15, 0.2) is 0 Å². The quantitative estimate of drug-likeness (QED) is 0.457. The fraction of sp³-hybridized carbons (Fsp3) is 0.900. The molecule has 1 atom stereocenters. The Balaban J connectivity index is 4.34. The molecule has 0 saturated heterocycles. The van der Waals surface area contributed by atoms with Crippen LogP contribution in [0.4, 0.5) is 0 Å². The lowest BCUT2D eigenvalue weighted by molar-refractivity contribution is -0.125. The van der Waals surface area contributed by atoms with E-state index in [0.717, 1.165) is 6.42 Å². The van der Waals surface area contributed by atoms with Crippen LogP contribution in [0.2, 0.25) is 0 Å². The molecule has 0 spiro atoms. The molecule has 90 valence electrons. The normalized spacial score (nSPS) is 13.7. The van der Waals surface area contributed by atoms with Crippen LogP contribution in [0, 0.1) is 0 Å². The van der Waals surface area contributed by atoms with E-state index in [9.17, 15) is 4.79 Å². The zero-order valence-corrected chi connectivity index (χ0v) is 9.49. The van der Waals surface area contributed by atoms with Gasteiger partial charge in [-0.15, -0.1) is 0 Å². The van der Waals surface area contributed by atoms with E-state index in [1.54, 1.807) is 6.92 Å². The number of aliphatic hydroxyl groups excluding tert-OH is 2. The van der Waals surface area contributed by atoms with Crippen LogP contribution in [0.25, 0.3) is 0 Å². The first-order valence-corrected chi connectivity index (χ1v) is 5.34. The molecule has 0 aliphatic rings. The highest BCUT2D eigenvalue weighted by Crippen LogP contribution is 2.09. The Hall–Kier alpha value is -0.650. The lowest BCUT2D eigenvalue weighted by atomic mass is 9.97. The average molecular weight is 218 g/mol. The number of rotatable bonds is 7. The van der Waals surface area contributed by atoms with Gasteiger partial charge in [0.2, 0.25) is 5.91 Å². The van der Waals surface area contributed by atoms with Crippen LogP contribution in [-0.2, 0) is 4.79 Å². The van der Waals surface area contributed by atoms with E-state index in [4.69, 9.17) is 15.9 Å². The standard InChI is InChI=1S/C10H22N2O3/c1-3-5-8(11)9(15)12-10(4-2,6-13)7-14/h8,13-14H,3-7,11H2,1-2H3,(H,12,15)/t8-/m0/s1. The molecule has 5 heteroatoms. The first-order valence-electron chi connectivity index (χ1n) is 5.34. The summed E-state index contributed by atoms with van der Waals surface area (Å²) < 4.78 is 0. The van der Waals surface area contributed by atoms with Crippen molar-refractivity contribution >= 4 is 5.91 Å². The third kappa shape index (κ3) is 4.15. The summed E-state index contributed by atoms with van der Waals surface area (Å²) in [7, 11) is 0. The smallest absolute Gasteiger partial charge is 0.237 e. The van der Waals surface area contributed by atoms with Gasteiger partial charge in [0.1, 0.15) is 0 Å². The molecule has 0 aliphatic carbocycles. The highest BCUT2D eigenvalue weighted by Gasteiger charge is 2.30. The zero-order valence-electron chi connectivity index (χ0n) is 9.49. The van der Waals surface area contributed by atoms with Gasteiger partial charge < -0.3 is 21.3 Å². The second kappa shape index (κ2) is 6.76. The molecular formula is C10H22N2O3. The van der Waals surface area contributed by atoms with Crippen molar-refractivity contribution in [3.63, 3.8) is 0 Å². The molecule has 1 amide bonds. The number of amides is 1. The molecule has 15 heavy (non-hydrogen) atoms. The van der Waals surface area contributed by atoms with Gasteiger partial charge in [0.25, 0.3) is 0 Å². The largest absolute Gasteiger partial charge is 0.394 e. The Labute approximate surface area is 90.7 Å². The second-order valence-corrected chi connectivity index (χ2v) is 3.83. The molecule has 5 nitrogen and oxygen atoms in total. The average Bonchev–Trinajstić information content (AvgIpc) is 2.26. The molecule has 5 N–H and O–H groups in total. The predicted molar refractivity (Wildman–Crippen MR) is 58.2 cm³/mol. The molecule has 0 aromatic carbocycles. The summed E-state index contributed by atoms with van der Waals surface area (Å²) in [5.41, 5.74) is 4.68. The van der Waals surface area contributed by atoms with Gasteiger partial charge in [0, 0.05) is 0 Å². The third-order valence-electron chi connectivity index (χ3n) is 2.61. The highest BCUT2D eigenvalue weighted by atomic mass is 16.3. The van der Waals surface area contributed by atoms with Gasteiger partial charge in [-0.3, -0.25) is 4.79 Å². The Morgan fingerprint density at radius 1 is 1.40 bits per heavy atom. The minimum Gasteiger partial charge on any atom is -0.394 e. The van der Waals surface area contributed by atoms with Crippen molar-refractivity contribution in [2.45, 2.75) is 44.7 Å². The SMILES string of the molecule is CCC[C@H](N)C(=O)NC(CC)(CO)CO. The minimum atomic E-state index is -0.942. The number of carbonyl (C=O) groups is 1. The fourth-order valence-electron chi connectivity index (χ4n) is 1.24. The maximum atomic E-state index is 11.6. The van der Waals surface area contributed by atoms with Gasteiger partial charge in [-0.2, -0.15) is 0 Å². The van der Waals surface area contributed by atoms with Crippen LogP contribution in [0.1, 0.15) is 33.1 Å². The number of aliphatic hydroxyl groups is 2. The molecule has 0 saturated carbocycles. The number of nitrogens with two attached hydrogens (primary N) is 1. The molecule has 0 bridgehead atoms. The summed E-state index contributed by atoms with van der Waals surface area (Å²) >= 11 is 0. The Morgan fingerprint density at radius 3 is 2.27 bits per heavy atom. The molecule has 0 aliphatic heterocycles. The lowest BCUT2D eigenvalue weighted by Gasteiger charge is -2.30. The Bertz CT molecular complexity index is 185. The van der Waals surface area contributed by atoms with Crippen LogP contribution in [0.3, 0.4) is 0 Å². The van der Waals surface area contributed by atoms with E-state index in [-0.39, 0.29) is 19.1 Å².